The normalized spacial score (nSPS) is 16.9. The molecule has 0 saturated heterocycles. The summed E-state index contributed by atoms with van der Waals surface area (Å²) in [7, 11) is 0. The maximum absolute atomic E-state index is 12.0. The molecule has 2 rings (SSSR count). The number of hydrogen-bond acceptors (Lipinski definition) is 1. The second kappa shape index (κ2) is 4.88. The average Bonchev–Trinajstić information content (AvgIpc) is 2.99. The Labute approximate surface area is 112 Å². The van der Waals surface area contributed by atoms with Crippen LogP contribution in [0.5, 0.6) is 0 Å². The number of benzene rings is 1. The maximum atomic E-state index is 12.0. The molecular weight excluding hydrogens is 334 g/mol. The van der Waals surface area contributed by atoms with E-state index in [9.17, 15) is 4.79 Å². The number of carbonyl (C=O) groups is 1. The van der Waals surface area contributed by atoms with Crippen LogP contribution in [0.15, 0.2) is 27.1 Å². The minimum Gasteiger partial charge on any atom is -0.349 e. The summed E-state index contributed by atoms with van der Waals surface area (Å²) in [5.41, 5.74) is 0.690. The zero-order chi connectivity index (χ0) is 11.7. The van der Waals surface area contributed by atoms with Gasteiger partial charge in [0.1, 0.15) is 0 Å². The van der Waals surface area contributed by atoms with Crippen molar-refractivity contribution >= 4 is 37.8 Å². The first-order chi connectivity index (χ1) is 7.58. The first-order valence-electron chi connectivity index (χ1n) is 5.34. The molecule has 1 saturated carbocycles. The monoisotopic (exact) mass is 345 g/mol. The second-order valence-electron chi connectivity index (χ2n) is 4.22. The fourth-order valence-electron chi connectivity index (χ4n) is 1.67. The lowest BCUT2D eigenvalue weighted by Crippen LogP contribution is -2.34. The number of hydrogen-bond donors (Lipinski definition) is 1. The molecule has 1 aromatic carbocycles. The molecule has 1 N–H and O–H groups in total. The van der Waals surface area contributed by atoms with Gasteiger partial charge in [-0.1, -0.05) is 15.9 Å². The van der Waals surface area contributed by atoms with Crippen molar-refractivity contribution in [1.29, 1.82) is 0 Å². The van der Waals surface area contributed by atoms with Crippen LogP contribution < -0.4 is 5.32 Å². The van der Waals surface area contributed by atoms with Crippen LogP contribution in [0.1, 0.15) is 30.1 Å². The lowest BCUT2D eigenvalue weighted by Gasteiger charge is -2.13. The molecule has 1 unspecified atom stereocenters. The quantitative estimate of drug-likeness (QED) is 0.887. The van der Waals surface area contributed by atoms with Crippen molar-refractivity contribution in [3.63, 3.8) is 0 Å². The fraction of sp³-hybridized carbons (Fsp3) is 0.417. The maximum Gasteiger partial charge on any atom is 0.252 e. The lowest BCUT2D eigenvalue weighted by molar-refractivity contribution is 0.0935. The standard InChI is InChI=1S/C12H13Br2NO/c1-7(8-2-3-8)15-12(16)10-5-4-9(13)6-11(10)14/h4-8H,2-3H2,1H3,(H,15,16). The van der Waals surface area contributed by atoms with Crippen molar-refractivity contribution < 1.29 is 4.79 Å². The molecule has 1 aromatic rings. The van der Waals surface area contributed by atoms with Gasteiger partial charge in [-0.25, -0.2) is 0 Å². The Morgan fingerprint density at radius 3 is 2.69 bits per heavy atom. The SMILES string of the molecule is CC(NC(=O)c1ccc(Br)cc1Br)C1CC1. The van der Waals surface area contributed by atoms with Crippen LogP contribution in [0.2, 0.25) is 0 Å². The van der Waals surface area contributed by atoms with Gasteiger partial charge >= 0.3 is 0 Å². The molecule has 0 radical (unpaired) electrons. The van der Waals surface area contributed by atoms with E-state index in [1.165, 1.54) is 12.8 Å². The van der Waals surface area contributed by atoms with E-state index in [4.69, 9.17) is 0 Å². The van der Waals surface area contributed by atoms with Crippen molar-refractivity contribution in [2.45, 2.75) is 25.8 Å². The Kier molecular flexibility index (Phi) is 3.70. The van der Waals surface area contributed by atoms with E-state index in [0.717, 1.165) is 8.95 Å². The molecular formula is C12H13Br2NO. The number of carbonyl (C=O) groups excluding carboxylic acids is 1. The number of nitrogens with one attached hydrogen (secondary N) is 1. The minimum absolute atomic E-state index is 0.00113. The second-order valence-corrected chi connectivity index (χ2v) is 5.99. The predicted octanol–water partition coefficient (Wildman–Crippen LogP) is 3.74. The first-order valence-corrected chi connectivity index (χ1v) is 6.92. The van der Waals surface area contributed by atoms with Gasteiger partial charge in [0.2, 0.25) is 0 Å². The molecule has 0 heterocycles. The molecule has 4 heteroatoms. The fourth-order valence-corrected chi connectivity index (χ4v) is 2.90. The number of halogens is 2. The molecule has 1 atom stereocenters. The lowest BCUT2D eigenvalue weighted by atomic mass is 10.1. The van der Waals surface area contributed by atoms with E-state index in [0.29, 0.717) is 11.5 Å². The van der Waals surface area contributed by atoms with Gasteiger partial charge in [-0.05, 0) is 59.8 Å². The molecule has 0 aliphatic heterocycles. The highest BCUT2D eigenvalue weighted by molar-refractivity contribution is 9.11. The summed E-state index contributed by atoms with van der Waals surface area (Å²) in [6.45, 7) is 2.07. The van der Waals surface area contributed by atoms with Crippen molar-refractivity contribution in [3.8, 4) is 0 Å². The Balaban J connectivity index is 2.07. The summed E-state index contributed by atoms with van der Waals surface area (Å²) < 4.78 is 1.79. The molecule has 1 aliphatic rings. The van der Waals surface area contributed by atoms with Gasteiger partial charge in [0.25, 0.3) is 5.91 Å². The van der Waals surface area contributed by atoms with Gasteiger partial charge in [0.15, 0.2) is 0 Å². The van der Waals surface area contributed by atoms with E-state index in [2.05, 4.69) is 44.1 Å². The predicted molar refractivity (Wildman–Crippen MR) is 71.5 cm³/mol. The summed E-state index contributed by atoms with van der Waals surface area (Å²) in [4.78, 5) is 12.0. The molecule has 0 aromatic heterocycles. The minimum atomic E-state index is -0.00113. The number of rotatable bonds is 3. The van der Waals surface area contributed by atoms with E-state index in [1.54, 1.807) is 0 Å². The summed E-state index contributed by atoms with van der Waals surface area (Å²) in [6.07, 6.45) is 2.48. The third-order valence-electron chi connectivity index (χ3n) is 2.86. The van der Waals surface area contributed by atoms with Crippen LogP contribution >= 0.6 is 31.9 Å². The van der Waals surface area contributed by atoms with Crippen LogP contribution in [-0.2, 0) is 0 Å². The molecule has 1 amide bonds. The highest BCUT2D eigenvalue weighted by Crippen LogP contribution is 2.32. The van der Waals surface area contributed by atoms with Crippen LogP contribution in [0, 0.1) is 5.92 Å². The van der Waals surface area contributed by atoms with Gasteiger partial charge in [-0.15, -0.1) is 0 Å². The van der Waals surface area contributed by atoms with Crippen molar-refractivity contribution in [2.24, 2.45) is 5.92 Å². The summed E-state index contributed by atoms with van der Waals surface area (Å²) in [5, 5.41) is 3.03. The van der Waals surface area contributed by atoms with Crippen LogP contribution in [0.4, 0.5) is 0 Å². The molecule has 0 bridgehead atoms. The Hall–Kier alpha value is -0.350. The summed E-state index contributed by atoms with van der Waals surface area (Å²) in [5.74, 6) is 0.678. The van der Waals surface area contributed by atoms with E-state index < -0.39 is 0 Å². The van der Waals surface area contributed by atoms with Crippen molar-refractivity contribution in [1.82, 2.24) is 5.32 Å². The Bertz CT molecular complexity index is 415. The average molecular weight is 347 g/mol. The third-order valence-corrected chi connectivity index (χ3v) is 4.01. The van der Waals surface area contributed by atoms with Crippen LogP contribution in [-0.4, -0.2) is 11.9 Å². The smallest absolute Gasteiger partial charge is 0.252 e. The van der Waals surface area contributed by atoms with E-state index in [1.807, 2.05) is 18.2 Å². The van der Waals surface area contributed by atoms with Gasteiger partial charge in [-0.2, -0.15) is 0 Å². The highest BCUT2D eigenvalue weighted by atomic mass is 79.9. The number of amides is 1. The molecule has 1 fully saturated rings. The Morgan fingerprint density at radius 2 is 2.12 bits per heavy atom. The summed E-state index contributed by atoms with van der Waals surface area (Å²) in [6, 6.07) is 5.87. The molecule has 16 heavy (non-hydrogen) atoms. The van der Waals surface area contributed by atoms with Crippen molar-refractivity contribution in [2.75, 3.05) is 0 Å². The van der Waals surface area contributed by atoms with Crippen LogP contribution in [0.25, 0.3) is 0 Å². The van der Waals surface area contributed by atoms with Gasteiger partial charge < -0.3 is 5.32 Å². The van der Waals surface area contributed by atoms with Gasteiger partial charge in [0, 0.05) is 15.0 Å². The molecule has 0 spiro atoms. The zero-order valence-electron chi connectivity index (χ0n) is 8.97. The van der Waals surface area contributed by atoms with Crippen LogP contribution in [0.3, 0.4) is 0 Å². The van der Waals surface area contributed by atoms with Crippen molar-refractivity contribution in [3.05, 3.63) is 32.7 Å². The largest absolute Gasteiger partial charge is 0.349 e. The Morgan fingerprint density at radius 1 is 1.44 bits per heavy atom. The van der Waals surface area contributed by atoms with E-state index in [-0.39, 0.29) is 11.9 Å². The molecule has 1 aliphatic carbocycles. The molecule has 86 valence electrons. The topological polar surface area (TPSA) is 29.1 Å². The first kappa shape index (κ1) is 12.1. The third kappa shape index (κ3) is 2.86. The highest BCUT2D eigenvalue weighted by Gasteiger charge is 2.29. The van der Waals surface area contributed by atoms with Gasteiger partial charge in [-0.3, -0.25) is 4.79 Å². The van der Waals surface area contributed by atoms with Gasteiger partial charge in [0.05, 0.1) is 5.56 Å². The summed E-state index contributed by atoms with van der Waals surface area (Å²) >= 11 is 6.77. The zero-order valence-corrected chi connectivity index (χ0v) is 12.1. The van der Waals surface area contributed by atoms with E-state index >= 15 is 0 Å². The molecule has 2 nitrogen and oxygen atoms in total.